The van der Waals surface area contributed by atoms with Crippen LogP contribution in [0.2, 0.25) is 0 Å². The summed E-state index contributed by atoms with van der Waals surface area (Å²) in [7, 11) is 2.10. The first-order valence-corrected chi connectivity index (χ1v) is 6.42. The fourth-order valence-corrected chi connectivity index (χ4v) is 2.52. The fraction of sp³-hybridized carbons (Fsp3) is 0.615. The lowest BCUT2D eigenvalue weighted by Gasteiger charge is -2.29. The third-order valence-electron chi connectivity index (χ3n) is 3.49. The van der Waals surface area contributed by atoms with Gasteiger partial charge in [-0.3, -0.25) is 0 Å². The third-order valence-corrected chi connectivity index (χ3v) is 3.49. The minimum Gasteiger partial charge on any atom is -0.350 e. The maximum atomic E-state index is 14.3. The van der Waals surface area contributed by atoms with E-state index in [-0.39, 0.29) is 18.4 Å². The zero-order chi connectivity index (χ0) is 13.1. The lowest BCUT2D eigenvalue weighted by Crippen LogP contribution is -2.39. The molecule has 2 rings (SSSR count). The number of rotatable bonds is 2. The summed E-state index contributed by atoms with van der Waals surface area (Å²) in [6, 6.07) is 1.90. The van der Waals surface area contributed by atoms with Crippen molar-refractivity contribution in [1.82, 2.24) is 9.88 Å². The van der Waals surface area contributed by atoms with Gasteiger partial charge in [-0.15, -0.1) is 0 Å². The molecule has 0 radical (unpaired) electrons. The number of likely N-dealkylation sites (N-methyl/N-ethyl adjacent to an activating group) is 1. The average molecular weight is 252 g/mol. The first-order chi connectivity index (χ1) is 8.63. The molecular formula is C13H21FN4. The van der Waals surface area contributed by atoms with Crippen LogP contribution < -0.4 is 10.6 Å². The van der Waals surface area contributed by atoms with E-state index < -0.39 is 0 Å². The number of anilines is 1. The Kier molecular flexibility index (Phi) is 4.14. The predicted molar refractivity (Wildman–Crippen MR) is 71.0 cm³/mol. The van der Waals surface area contributed by atoms with Gasteiger partial charge in [0.15, 0.2) is 11.6 Å². The molecule has 1 aliphatic rings. The van der Waals surface area contributed by atoms with Crippen LogP contribution in [-0.2, 0) is 6.54 Å². The van der Waals surface area contributed by atoms with E-state index in [4.69, 9.17) is 5.73 Å². The molecule has 100 valence electrons. The summed E-state index contributed by atoms with van der Waals surface area (Å²) in [5.74, 6) is 0.178. The second-order valence-electron chi connectivity index (χ2n) is 4.97. The quantitative estimate of drug-likeness (QED) is 0.859. The van der Waals surface area contributed by atoms with Gasteiger partial charge in [-0.1, -0.05) is 0 Å². The monoisotopic (exact) mass is 252 g/mol. The Morgan fingerprint density at radius 2 is 2.28 bits per heavy atom. The van der Waals surface area contributed by atoms with Crippen molar-refractivity contribution in [3.8, 4) is 0 Å². The van der Waals surface area contributed by atoms with Gasteiger partial charge >= 0.3 is 0 Å². The molecule has 0 aromatic carbocycles. The van der Waals surface area contributed by atoms with Crippen molar-refractivity contribution >= 4 is 5.82 Å². The molecule has 0 spiro atoms. The van der Waals surface area contributed by atoms with E-state index in [0.717, 1.165) is 26.1 Å². The van der Waals surface area contributed by atoms with Gasteiger partial charge in [-0.25, -0.2) is 9.37 Å². The summed E-state index contributed by atoms with van der Waals surface area (Å²) in [6.45, 7) is 5.12. The van der Waals surface area contributed by atoms with Crippen molar-refractivity contribution in [2.75, 3.05) is 31.6 Å². The van der Waals surface area contributed by atoms with E-state index in [9.17, 15) is 4.39 Å². The van der Waals surface area contributed by atoms with E-state index in [0.29, 0.717) is 11.4 Å². The van der Waals surface area contributed by atoms with E-state index in [1.807, 2.05) is 0 Å². The molecule has 1 atom stereocenters. The summed E-state index contributed by atoms with van der Waals surface area (Å²) < 4.78 is 14.3. The van der Waals surface area contributed by atoms with E-state index >= 15 is 0 Å². The Morgan fingerprint density at radius 1 is 1.50 bits per heavy atom. The van der Waals surface area contributed by atoms with Crippen LogP contribution in [0.15, 0.2) is 12.3 Å². The zero-order valence-corrected chi connectivity index (χ0v) is 11.1. The summed E-state index contributed by atoms with van der Waals surface area (Å²) in [5, 5.41) is 0. The van der Waals surface area contributed by atoms with Crippen molar-refractivity contribution < 1.29 is 4.39 Å². The summed E-state index contributed by atoms with van der Waals surface area (Å²) in [6.07, 6.45) is 2.66. The van der Waals surface area contributed by atoms with Crippen LogP contribution in [0.5, 0.6) is 0 Å². The Balaban J connectivity index is 2.29. The fourth-order valence-electron chi connectivity index (χ4n) is 2.52. The number of nitrogens with two attached hydrogens (primary N) is 1. The number of hydrogen-bond acceptors (Lipinski definition) is 4. The highest BCUT2D eigenvalue weighted by molar-refractivity contribution is 5.44. The van der Waals surface area contributed by atoms with Crippen LogP contribution >= 0.6 is 0 Å². The topological polar surface area (TPSA) is 45.4 Å². The van der Waals surface area contributed by atoms with Gasteiger partial charge in [0, 0.05) is 37.4 Å². The second-order valence-corrected chi connectivity index (χ2v) is 4.97. The smallest absolute Gasteiger partial charge is 0.170 e. The van der Waals surface area contributed by atoms with E-state index in [1.165, 1.54) is 0 Å². The first-order valence-electron chi connectivity index (χ1n) is 6.42. The Bertz CT molecular complexity index is 410. The highest BCUT2D eigenvalue weighted by atomic mass is 19.1. The maximum Gasteiger partial charge on any atom is 0.170 e. The van der Waals surface area contributed by atoms with Gasteiger partial charge in [-0.05, 0) is 33.0 Å². The number of halogens is 1. The van der Waals surface area contributed by atoms with Gasteiger partial charge in [0.25, 0.3) is 0 Å². The molecule has 1 fully saturated rings. The standard InChI is InChI=1S/C13H21FN4/c1-10-9-17(2)6-3-7-18(10)13-12(14)11(8-15)4-5-16-13/h4-5,10H,3,6-9,15H2,1-2H3. The molecule has 1 saturated heterocycles. The first kappa shape index (κ1) is 13.2. The van der Waals surface area contributed by atoms with Crippen molar-refractivity contribution in [1.29, 1.82) is 0 Å². The average Bonchev–Trinajstić information content (AvgIpc) is 2.51. The van der Waals surface area contributed by atoms with Crippen LogP contribution in [-0.4, -0.2) is 42.6 Å². The van der Waals surface area contributed by atoms with Gasteiger partial charge in [0.1, 0.15) is 0 Å². The molecule has 0 amide bonds. The van der Waals surface area contributed by atoms with Crippen molar-refractivity contribution in [2.45, 2.75) is 25.9 Å². The normalized spacial score (nSPS) is 22.0. The summed E-state index contributed by atoms with van der Waals surface area (Å²) in [4.78, 5) is 8.53. The third kappa shape index (κ3) is 2.62. The number of nitrogens with zero attached hydrogens (tertiary/aromatic N) is 3. The van der Waals surface area contributed by atoms with Gasteiger partial charge in [0.2, 0.25) is 0 Å². The number of aromatic nitrogens is 1. The molecular weight excluding hydrogens is 231 g/mol. The molecule has 2 N–H and O–H groups in total. The van der Waals surface area contributed by atoms with Crippen LogP contribution in [0.25, 0.3) is 0 Å². The summed E-state index contributed by atoms with van der Waals surface area (Å²) >= 11 is 0. The van der Waals surface area contributed by atoms with Crippen LogP contribution in [0.3, 0.4) is 0 Å². The van der Waals surface area contributed by atoms with Gasteiger partial charge < -0.3 is 15.5 Å². The van der Waals surface area contributed by atoms with Gasteiger partial charge in [-0.2, -0.15) is 0 Å². The Hall–Kier alpha value is -1.20. The Morgan fingerprint density at radius 3 is 3.00 bits per heavy atom. The second kappa shape index (κ2) is 5.63. The highest BCUT2D eigenvalue weighted by Crippen LogP contribution is 2.23. The Labute approximate surface area is 108 Å². The van der Waals surface area contributed by atoms with E-state index in [2.05, 4.69) is 28.8 Å². The molecule has 0 bridgehead atoms. The maximum absolute atomic E-state index is 14.3. The minimum atomic E-state index is -0.267. The predicted octanol–water partition coefficient (Wildman–Crippen LogP) is 1.21. The molecule has 4 nitrogen and oxygen atoms in total. The summed E-state index contributed by atoms with van der Waals surface area (Å²) in [5.41, 5.74) is 6.07. The lowest BCUT2D eigenvalue weighted by molar-refractivity contribution is 0.336. The molecule has 1 aromatic rings. The molecule has 1 aliphatic heterocycles. The molecule has 18 heavy (non-hydrogen) atoms. The molecule has 1 unspecified atom stereocenters. The molecule has 0 aliphatic carbocycles. The largest absolute Gasteiger partial charge is 0.350 e. The SMILES string of the molecule is CC1CN(C)CCCN1c1nccc(CN)c1F. The van der Waals surface area contributed by atoms with Gasteiger partial charge in [0.05, 0.1) is 0 Å². The number of hydrogen-bond donors (Lipinski definition) is 1. The zero-order valence-electron chi connectivity index (χ0n) is 11.1. The van der Waals surface area contributed by atoms with Crippen molar-refractivity contribution in [2.24, 2.45) is 5.73 Å². The van der Waals surface area contributed by atoms with E-state index in [1.54, 1.807) is 12.3 Å². The van der Waals surface area contributed by atoms with Crippen LogP contribution in [0.1, 0.15) is 18.9 Å². The minimum absolute atomic E-state index is 0.212. The molecule has 2 heterocycles. The number of pyridine rings is 1. The van der Waals surface area contributed by atoms with Crippen molar-refractivity contribution in [3.63, 3.8) is 0 Å². The molecule has 0 saturated carbocycles. The van der Waals surface area contributed by atoms with Crippen LogP contribution in [0, 0.1) is 5.82 Å². The lowest BCUT2D eigenvalue weighted by atomic mass is 10.2. The highest BCUT2D eigenvalue weighted by Gasteiger charge is 2.24. The van der Waals surface area contributed by atoms with Crippen molar-refractivity contribution in [3.05, 3.63) is 23.6 Å². The molecule has 1 aromatic heterocycles. The van der Waals surface area contributed by atoms with Crippen LogP contribution in [0.4, 0.5) is 10.2 Å². The molecule has 5 heteroatoms.